The molecule has 0 aromatic carbocycles. The summed E-state index contributed by atoms with van der Waals surface area (Å²) >= 11 is 0. The van der Waals surface area contributed by atoms with Gasteiger partial charge in [0.15, 0.2) is 0 Å². The van der Waals surface area contributed by atoms with Crippen LogP contribution in [-0.2, 0) is 0 Å². The number of hydrogen-bond acceptors (Lipinski definition) is 1. The largest absolute Gasteiger partial charge is 0.396 e. The van der Waals surface area contributed by atoms with E-state index in [-0.39, 0.29) is 6.61 Å². The van der Waals surface area contributed by atoms with Crippen molar-refractivity contribution in [1.29, 1.82) is 0 Å². The molecule has 0 saturated carbocycles. The van der Waals surface area contributed by atoms with Gasteiger partial charge in [0.05, 0.1) is 0 Å². The third-order valence-electron chi connectivity index (χ3n) is 1.74. The van der Waals surface area contributed by atoms with Crippen molar-refractivity contribution < 1.29 is 5.11 Å². The van der Waals surface area contributed by atoms with E-state index in [1.807, 2.05) is 12.2 Å². The molecule has 0 aliphatic rings. The van der Waals surface area contributed by atoms with Crippen LogP contribution in [0, 0.1) is 0 Å². The van der Waals surface area contributed by atoms with Crippen LogP contribution >= 0.6 is 0 Å². The van der Waals surface area contributed by atoms with Crippen molar-refractivity contribution in [2.45, 2.75) is 38.5 Å². The lowest BCUT2D eigenvalue weighted by Gasteiger charge is -1.94. The van der Waals surface area contributed by atoms with Gasteiger partial charge in [-0.3, -0.25) is 0 Å². The Morgan fingerprint density at radius 1 is 0.917 bits per heavy atom. The van der Waals surface area contributed by atoms with Gasteiger partial charge >= 0.3 is 0 Å². The summed E-state index contributed by atoms with van der Waals surface area (Å²) in [6.07, 6.45) is 13.1. The molecule has 1 N–H and O–H groups in total. The van der Waals surface area contributed by atoms with Crippen molar-refractivity contribution in [3.63, 3.8) is 0 Å². The van der Waals surface area contributed by atoms with Gasteiger partial charge in [-0.25, -0.2) is 0 Å². The van der Waals surface area contributed by atoms with Gasteiger partial charge in [-0.2, -0.15) is 0 Å². The highest BCUT2D eigenvalue weighted by molar-refractivity contribution is 4.81. The predicted octanol–water partition coefficient (Wildman–Crippen LogP) is 3.06. The monoisotopic (exact) mass is 168 g/mol. The van der Waals surface area contributed by atoms with Crippen molar-refractivity contribution in [2.24, 2.45) is 0 Å². The van der Waals surface area contributed by atoms with Gasteiger partial charge in [-0.05, 0) is 32.1 Å². The lowest BCUT2D eigenvalue weighted by molar-refractivity contribution is 0.302. The minimum Gasteiger partial charge on any atom is -0.396 e. The molecule has 0 bridgehead atoms. The highest BCUT2D eigenvalue weighted by atomic mass is 16.2. The maximum absolute atomic E-state index is 8.48. The zero-order valence-electron chi connectivity index (χ0n) is 7.84. The van der Waals surface area contributed by atoms with Crippen LogP contribution in [0.15, 0.2) is 24.8 Å². The molecule has 0 heterocycles. The van der Waals surface area contributed by atoms with E-state index in [0.717, 1.165) is 19.3 Å². The van der Waals surface area contributed by atoms with Crippen LogP contribution in [0.25, 0.3) is 0 Å². The Morgan fingerprint density at radius 2 is 1.58 bits per heavy atom. The van der Waals surface area contributed by atoms with Crippen LogP contribution in [0.1, 0.15) is 38.5 Å². The molecule has 0 unspecified atom stereocenters. The zero-order valence-corrected chi connectivity index (χ0v) is 7.84. The molecule has 1 heteroatoms. The highest BCUT2D eigenvalue weighted by Gasteiger charge is 1.84. The SMILES string of the molecule is C=CCCCCC/C=C/CCO. The van der Waals surface area contributed by atoms with Crippen molar-refractivity contribution in [2.75, 3.05) is 6.61 Å². The fraction of sp³-hybridized carbons (Fsp3) is 0.636. The van der Waals surface area contributed by atoms with E-state index in [0.29, 0.717) is 0 Å². The quantitative estimate of drug-likeness (QED) is 0.436. The summed E-state index contributed by atoms with van der Waals surface area (Å²) in [6, 6.07) is 0. The Morgan fingerprint density at radius 3 is 2.25 bits per heavy atom. The second-order valence-electron chi connectivity index (χ2n) is 2.91. The lowest BCUT2D eigenvalue weighted by Crippen LogP contribution is -1.77. The summed E-state index contributed by atoms with van der Waals surface area (Å²) in [6.45, 7) is 3.95. The molecule has 0 aromatic rings. The van der Waals surface area contributed by atoms with Gasteiger partial charge in [-0.15, -0.1) is 6.58 Å². The molecule has 0 rings (SSSR count). The van der Waals surface area contributed by atoms with E-state index >= 15 is 0 Å². The summed E-state index contributed by atoms with van der Waals surface area (Å²) in [4.78, 5) is 0. The van der Waals surface area contributed by atoms with E-state index in [1.54, 1.807) is 0 Å². The Kier molecular flexibility index (Phi) is 9.95. The average molecular weight is 168 g/mol. The fourth-order valence-corrected chi connectivity index (χ4v) is 1.04. The number of aliphatic hydroxyl groups excluding tert-OH is 1. The second kappa shape index (κ2) is 10.4. The van der Waals surface area contributed by atoms with Gasteiger partial charge in [0.1, 0.15) is 0 Å². The summed E-state index contributed by atoms with van der Waals surface area (Å²) in [5.74, 6) is 0. The van der Waals surface area contributed by atoms with Crippen LogP contribution in [0.3, 0.4) is 0 Å². The predicted molar refractivity (Wildman–Crippen MR) is 54.1 cm³/mol. The number of allylic oxidation sites excluding steroid dienone is 2. The standard InChI is InChI=1S/C11H20O/c1-2-3-4-5-6-7-8-9-10-11-12/h2,8-9,12H,1,3-7,10-11H2/b9-8+. The van der Waals surface area contributed by atoms with E-state index in [1.165, 1.54) is 19.3 Å². The van der Waals surface area contributed by atoms with Crippen molar-refractivity contribution in [3.8, 4) is 0 Å². The first-order valence-corrected chi connectivity index (χ1v) is 4.78. The zero-order chi connectivity index (χ0) is 9.07. The maximum Gasteiger partial charge on any atom is 0.0465 e. The van der Waals surface area contributed by atoms with Crippen molar-refractivity contribution in [1.82, 2.24) is 0 Å². The van der Waals surface area contributed by atoms with E-state index in [9.17, 15) is 0 Å². The molecule has 0 aliphatic carbocycles. The topological polar surface area (TPSA) is 20.2 Å². The third-order valence-corrected chi connectivity index (χ3v) is 1.74. The lowest BCUT2D eigenvalue weighted by atomic mass is 10.1. The first-order valence-electron chi connectivity index (χ1n) is 4.78. The summed E-state index contributed by atoms with van der Waals surface area (Å²) in [5, 5.41) is 8.48. The summed E-state index contributed by atoms with van der Waals surface area (Å²) < 4.78 is 0. The first kappa shape index (κ1) is 11.4. The Hall–Kier alpha value is -0.560. The van der Waals surface area contributed by atoms with Crippen LogP contribution in [0.5, 0.6) is 0 Å². The molecule has 0 radical (unpaired) electrons. The molecule has 70 valence electrons. The van der Waals surface area contributed by atoms with Gasteiger partial charge < -0.3 is 5.11 Å². The van der Waals surface area contributed by atoms with Gasteiger partial charge in [0, 0.05) is 6.61 Å². The van der Waals surface area contributed by atoms with Gasteiger partial charge in [-0.1, -0.05) is 24.6 Å². The minimum absolute atomic E-state index is 0.271. The number of hydrogen-bond donors (Lipinski definition) is 1. The molecule has 0 fully saturated rings. The van der Waals surface area contributed by atoms with Crippen LogP contribution < -0.4 is 0 Å². The molecule has 12 heavy (non-hydrogen) atoms. The first-order chi connectivity index (χ1) is 5.91. The number of rotatable bonds is 8. The molecule has 1 nitrogen and oxygen atoms in total. The molecule has 0 saturated heterocycles. The Labute approximate surface area is 75.8 Å². The average Bonchev–Trinajstić information content (AvgIpc) is 2.10. The van der Waals surface area contributed by atoms with Crippen molar-refractivity contribution in [3.05, 3.63) is 24.8 Å². The fourth-order valence-electron chi connectivity index (χ4n) is 1.04. The second-order valence-corrected chi connectivity index (χ2v) is 2.91. The van der Waals surface area contributed by atoms with Gasteiger partial charge in [0.25, 0.3) is 0 Å². The molecular weight excluding hydrogens is 148 g/mol. The van der Waals surface area contributed by atoms with E-state index in [2.05, 4.69) is 12.7 Å². The maximum atomic E-state index is 8.48. The number of aliphatic hydroxyl groups is 1. The minimum atomic E-state index is 0.271. The van der Waals surface area contributed by atoms with Crippen molar-refractivity contribution >= 4 is 0 Å². The molecule has 0 aromatic heterocycles. The smallest absolute Gasteiger partial charge is 0.0465 e. The summed E-state index contributed by atoms with van der Waals surface area (Å²) in [5.41, 5.74) is 0. The van der Waals surface area contributed by atoms with Crippen LogP contribution in [-0.4, -0.2) is 11.7 Å². The third kappa shape index (κ3) is 9.44. The van der Waals surface area contributed by atoms with Crippen LogP contribution in [0.4, 0.5) is 0 Å². The molecule has 0 amide bonds. The molecular formula is C11H20O. The number of unbranched alkanes of at least 4 members (excludes halogenated alkanes) is 4. The Bertz CT molecular complexity index is 116. The Balaban J connectivity index is 2.94. The molecule has 0 aliphatic heterocycles. The molecule has 0 spiro atoms. The molecule has 0 atom stereocenters. The van der Waals surface area contributed by atoms with Crippen LogP contribution in [0.2, 0.25) is 0 Å². The van der Waals surface area contributed by atoms with E-state index in [4.69, 9.17) is 5.11 Å². The van der Waals surface area contributed by atoms with E-state index < -0.39 is 0 Å². The van der Waals surface area contributed by atoms with Gasteiger partial charge in [0.2, 0.25) is 0 Å². The highest BCUT2D eigenvalue weighted by Crippen LogP contribution is 2.03. The summed E-state index contributed by atoms with van der Waals surface area (Å²) in [7, 11) is 0. The normalized spacial score (nSPS) is 10.8.